The van der Waals surface area contributed by atoms with Crippen molar-refractivity contribution < 1.29 is 19.1 Å². The fourth-order valence-electron chi connectivity index (χ4n) is 4.30. The van der Waals surface area contributed by atoms with Gasteiger partial charge in [0.2, 0.25) is 17.7 Å². The van der Waals surface area contributed by atoms with Crippen LogP contribution in [0, 0.1) is 0 Å². The summed E-state index contributed by atoms with van der Waals surface area (Å²) in [6, 6.07) is 7.13. The van der Waals surface area contributed by atoms with Gasteiger partial charge in [0.1, 0.15) is 5.75 Å². The average Bonchev–Trinajstić information content (AvgIpc) is 3.29. The lowest BCUT2D eigenvalue weighted by Crippen LogP contribution is -2.45. The van der Waals surface area contributed by atoms with E-state index in [9.17, 15) is 14.4 Å². The number of imide groups is 1. The van der Waals surface area contributed by atoms with Crippen molar-refractivity contribution in [2.24, 2.45) is 0 Å². The molecule has 2 fully saturated rings. The van der Waals surface area contributed by atoms with E-state index in [0.29, 0.717) is 17.9 Å². The van der Waals surface area contributed by atoms with Crippen molar-refractivity contribution in [2.45, 2.75) is 50.0 Å². The van der Waals surface area contributed by atoms with Crippen LogP contribution in [0.25, 0.3) is 0 Å². The number of methoxy groups -OCH3 is 1. The number of ether oxygens (including phenoxy) is 1. The van der Waals surface area contributed by atoms with Gasteiger partial charge in [0, 0.05) is 31.2 Å². The van der Waals surface area contributed by atoms with Crippen molar-refractivity contribution in [3.8, 4) is 5.75 Å². The third kappa shape index (κ3) is 4.04. The van der Waals surface area contributed by atoms with Gasteiger partial charge in [-0.15, -0.1) is 0 Å². The molecule has 152 valence electrons. The number of nitrogens with zero attached hydrogens (tertiary/aromatic N) is 1. The summed E-state index contributed by atoms with van der Waals surface area (Å²) < 4.78 is 5.22. The second-order valence-electron chi connectivity index (χ2n) is 7.51. The Balaban J connectivity index is 1.91. The number of likely N-dealkylation sites (tertiary alicyclic amines) is 1. The Labute approximate surface area is 170 Å². The lowest BCUT2D eigenvalue weighted by atomic mass is 9.75. The largest absolute Gasteiger partial charge is 0.497 e. The summed E-state index contributed by atoms with van der Waals surface area (Å²) in [5, 5.41) is 2.88. The van der Waals surface area contributed by atoms with E-state index in [1.807, 2.05) is 6.26 Å². The number of hydrogen-bond acceptors (Lipinski definition) is 5. The summed E-state index contributed by atoms with van der Waals surface area (Å²) in [5.74, 6) is 0.897. The van der Waals surface area contributed by atoms with Crippen LogP contribution in [-0.2, 0) is 19.8 Å². The molecule has 1 heterocycles. The number of hydrogen-bond donors (Lipinski definition) is 1. The van der Waals surface area contributed by atoms with Gasteiger partial charge in [-0.25, -0.2) is 0 Å². The summed E-state index contributed by atoms with van der Waals surface area (Å²) >= 11 is 1.65. The van der Waals surface area contributed by atoms with Crippen LogP contribution in [0.3, 0.4) is 0 Å². The molecule has 1 atom stereocenters. The Morgan fingerprint density at radius 1 is 1.25 bits per heavy atom. The van der Waals surface area contributed by atoms with Crippen LogP contribution in [0.5, 0.6) is 5.75 Å². The predicted octanol–water partition coefficient (Wildman–Crippen LogP) is 2.50. The van der Waals surface area contributed by atoms with Gasteiger partial charge in [0.25, 0.3) is 0 Å². The van der Waals surface area contributed by atoms with E-state index in [4.69, 9.17) is 4.74 Å². The third-order valence-corrected chi connectivity index (χ3v) is 6.39. The fraction of sp³-hybridized carbons (Fsp3) is 0.571. The third-order valence-electron chi connectivity index (χ3n) is 5.77. The van der Waals surface area contributed by atoms with Crippen molar-refractivity contribution in [2.75, 3.05) is 25.7 Å². The summed E-state index contributed by atoms with van der Waals surface area (Å²) in [5.41, 5.74) is -0.429. The second kappa shape index (κ2) is 8.99. The number of carbonyl (C=O) groups is 3. The Bertz CT molecular complexity index is 730. The molecule has 0 aromatic heterocycles. The van der Waals surface area contributed by atoms with Crippen LogP contribution in [0.1, 0.15) is 44.1 Å². The molecule has 1 aromatic rings. The molecule has 0 unspecified atom stereocenters. The first-order valence-corrected chi connectivity index (χ1v) is 11.2. The normalized spacial score (nSPS) is 22.7. The maximum absolute atomic E-state index is 13.5. The first-order valence-electron chi connectivity index (χ1n) is 9.78. The summed E-state index contributed by atoms with van der Waals surface area (Å²) in [6.45, 7) is 0.549. The van der Waals surface area contributed by atoms with E-state index in [-0.39, 0.29) is 36.6 Å². The molecule has 1 saturated heterocycles. The van der Waals surface area contributed by atoms with Crippen molar-refractivity contribution in [1.82, 2.24) is 10.2 Å². The number of benzene rings is 1. The van der Waals surface area contributed by atoms with Gasteiger partial charge in [-0.05, 0) is 36.8 Å². The van der Waals surface area contributed by atoms with E-state index in [2.05, 4.69) is 5.32 Å². The fourth-order valence-corrected chi connectivity index (χ4v) is 4.61. The SMILES string of the molecule is COc1ccc([C@@]2(CC(=O)NCCSC)CC(=O)N(C3CCCC3)C2=O)cc1. The average molecular weight is 405 g/mol. The first kappa shape index (κ1) is 20.7. The van der Waals surface area contributed by atoms with E-state index in [0.717, 1.165) is 31.4 Å². The van der Waals surface area contributed by atoms with Crippen LogP contribution in [0.2, 0.25) is 0 Å². The Morgan fingerprint density at radius 3 is 2.54 bits per heavy atom. The maximum atomic E-state index is 13.5. The van der Waals surface area contributed by atoms with Crippen LogP contribution >= 0.6 is 11.8 Å². The van der Waals surface area contributed by atoms with Crippen molar-refractivity contribution in [3.63, 3.8) is 0 Å². The molecular weight excluding hydrogens is 376 g/mol. The van der Waals surface area contributed by atoms with Crippen molar-refractivity contribution in [1.29, 1.82) is 0 Å². The highest BCUT2D eigenvalue weighted by Gasteiger charge is 2.55. The molecule has 1 saturated carbocycles. The Hall–Kier alpha value is -2.02. The molecule has 6 nitrogen and oxygen atoms in total. The molecule has 0 spiro atoms. The van der Waals surface area contributed by atoms with Crippen LogP contribution in [0.15, 0.2) is 24.3 Å². The number of amides is 3. The summed E-state index contributed by atoms with van der Waals surface area (Å²) in [6.07, 6.45) is 5.79. The van der Waals surface area contributed by atoms with Gasteiger partial charge in [-0.2, -0.15) is 11.8 Å². The topological polar surface area (TPSA) is 75.7 Å². The van der Waals surface area contributed by atoms with Crippen molar-refractivity contribution >= 4 is 29.5 Å². The van der Waals surface area contributed by atoms with E-state index < -0.39 is 5.41 Å². The molecule has 3 rings (SSSR count). The molecular formula is C21H28N2O4S. The molecule has 2 aliphatic rings. The monoisotopic (exact) mass is 404 g/mol. The van der Waals surface area contributed by atoms with Crippen molar-refractivity contribution in [3.05, 3.63) is 29.8 Å². The van der Waals surface area contributed by atoms with Gasteiger partial charge in [0.15, 0.2) is 0 Å². The van der Waals surface area contributed by atoms with E-state index >= 15 is 0 Å². The smallest absolute Gasteiger partial charge is 0.241 e. The van der Waals surface area contributed by atoms with Crippen LogP contribution < -0.4 is 10.1 Å². The Morgan fingerprint density at radius 2 is 1.93 bits per heavy atom. The van der Waals surface area contributed by atoms with Gasteiger partial charge in [0.05, 0.1) is 12.5 Å². The number of thioether (sulfide) groups is 1. The molecule has 0 bridgehead atoms. The molecule has 1 aliphatic carbocycles. The molecule has 1 aliphatic heterocycles. The summed E-state index contributed by atoms with van der Waals surface area (Å²) in [4.78, 5) is 40.5. The minimum absolute atomic E-state index is 0.0124. The van der Waals surface area contributed by atoms with E-state index in [1.54, 1.807) is 43.1 Å². The number of rotatable bonds is 8. The Kier molecular flexibility index (Phi) is 6.65. The zero-order valence-electron chi connectivity index (χ0n) is 16.5. The molecule has 3 amide bonds. The lowest BCUT2D eigenvalue weighted by Gasteiger charge is -2.29. The van der Waals surface area contributed by atoms with Gasteiger partial charge in [-0.3, -0.25) is 19.3 Å². The highest BCUT2D eigenvalue weighted by atomic mass is 32.2. The summed E-state index contributed by atoms with van der Waals surface area (Å²) in [7, 11) is 1.58. The number of carbonyl (C=O) groups excluding carboxylic acids is 3. The van der Waals surface area contributed by atoms with Crippen LogP contribution in [-0.4, -0.2) is 54.3 Å². The predicted molar refractivity (Wildman–Crippen MR) is 109 cm³/mol. The second-order valence-corrected chi connectivity index (χ2v) is 8.50. The number of nitrogens with one attached hydrogen (secondary N) is 1. The molecule has 0 radical (unpaired) electrons. The first-order chi connectivity index (χ1) is 13.5. The van der Waals surface area contributed by atoms with Gasteiger partial charge < -0.3 is 10.1 Å². The molecule has 28 heavy (non-hydrogen) atoms. The highest BCUT2D eigenvalue weighted by Crippen LogP contribution is 2.43. The molecule has 1 aromatic carbocycles. The maximum Gasteiger partial charge on any atom is 0.241 e. The highest BCUT2D eigenvalue weighted by molar-refractivity contribution is 7.98. The zero-order valence-corrected chi connectivity index (χ0v) is 17.3. The zero-order chi connectivity index (χ0) is 20.1. The van der Waals surface area contributed by atoms with Gasteiger partial charge >= 0.3 is 0 Å². The standard InChI is InChI=1S/C21H28N2O4S/c1-27-17-9-7-15(8-10-17)21(13-18(24)22-11-12-28-2)14-19(25)23(20(21)26)16-5-3-4-6-16/h7-10,16H,3-6,11-14H2,1-2H3,(H,22,24)/t21-/m1/s1. The molecule has 7 heteroatoms. The minimum Gasteiger partial charge on any atom is -0.497 e. The van der Waals surface area contributed by atoms with E-state index in [1.165, 1.54) is 4.90 Å². The minimum atomic E-state index is -1.13. The van der Waals surface area contributed by atoms with Gasteiger partial charge in [-0.1, -0.05) is 25.0 Å². The van der Waals surface area contributed by atoms with Crippen LogP contribution in [0.4, 0.5) is 0 Å². The lowest BCUT2D eigenvalue weighted by molar-refractivity contribution is -0.143. The molecule has 1 N–H and O–H groups in total. The quantitative estimate of drug-likeness (QED) is 0.532.